The first-order valence-electron chi connectivity index (χ1n) is 8.29. The Morgan fingerprint density at radius 3 is 2.58 bits per heavy atom. The number of halogens is 3. The summed E-state index contributed by atoms with van der Waals surface area (Å²) in [7, 11) is 0. The quantitative estimate of drug-likeness (QED) is 0.770. The highest BCUT2D eigenvalue weighted by atomic mass is 19.2. The zero-order valence-corrected chi connectivity index (χ0v) is 14.6. The van der Waals surface area contributed by atoms with Gasteiger partial charge in [-0.15, -0.1) is 0 Å². The molecule has 1 aromatic rings. The van der Waals surface area contributed by atoms with Crippen molar-refractivity contribution < 1.29 is 27.5 Å². The fourth-order valence-corrected chi connectivity index (χ4v) is 2.97. The van der Waals surface area contributed by atoms with E-state index in [1.54, 1.807) is 4.90 Å². The number of primary amides is 1. The van der Waals surface area contributed by atoms with Crippen molar-refractivity contribution in [2.45, 2.75) is 44.9 Å². The molecule has 0 radical (unpaired) electrons. The molecular formula is C17H22F3N3O3. The lowest BCUT2D eigenvalue weighted by atomic mass is 10.0. The topological polar surface area (TPSA) is 84.7 Å². The fraction of sp³-hybridized carbons (Fsp3) is 0.529. The lowest BCUT2D eigenvalue weighted by molar-refractivity contribution is -0.136. The van der Waals surface area contributed by atoms with Gasteiger partial charge in [0.05, 0.1) is 6.42 Å². The summed E-state index contributed by atoms with van der Waals surface area (Å²) < 4.78 is 45.2. The number of ether oxygens (including phenoxy) is 1. The van der Waals surface area contributed by atoms with Crippen LogP contribution in [0.15, 0.2) is 12.1 Å². The summed E-state index contributed by atoms with van der Waals surface area (Å²) in [5, 5.41) is 3.23. The van der Waals surface area contributed by atoms with Crippen LogP contribution < -0.4 is 11.1 Å². The lowest BCUT2D eigenvalue weighted by Gasteiger charge is -2.38. The van der Waals surface area contributed by atoms with Crippen molar-refractivity contribution in [3.05, 3.63) is 35.1 Å². The minimum atomic E-state index is -1.32. The molecule has 1 aromatic carbocycles. The molecule has 144 valence electrons. The summed E-state index contributed by atoms with van der Waals surface area (Å²) in [5.74, 6) is -3.83. The molecule has 1 aliphatic heterocycles. The van der Waals surface area contributed by atoms with Crippen LogP contribution in [0.5, 0.6) is 0 Å². The number of nitrogens with zero attached hydrogens (tertiary/aromatic N) is 1. The molecule has 0 saturated carbocycles. The number of benzene rings is 1. The predicted octanol–water partition coefficient (Wildman–Crippen LogP) is 1.71. The van der Waals surface area contributed by atoms with Gasteiger partial charge in [-0.1, -0.05) is 0 Å². The van der Waals surface area contributed by atoms with Gasteiger partial charge in [-0.3, -0.25) is 4.79 Å². The number of hydrogen-bond acceptors (Lipinski definition) is 4. The van der Waals surface area contributed by atoms with E-state index in [2.05, 4.69) is 5.32 Å². The van der Waals surface area contributed by atoms with E-state index >= 15 is 0 Å². The van der Waals surface area contributed by atoms with Crippen LogP contribution in [0.25, 0.3) is 0 Å². The molecule has 2 rings (SSSR count). The molecule has 0 aromatic heterocycles. The zero-order valence-electron chi connectivity index (χ0n) is 14.6. The maximum absolute atomic E-state index is 13.9. The Labute approximate surface area is 149 Å². The second kappa shape index (κ2) is 8.39. The summed E-state index contributed by atoms with van der Waals surface area (Å²) in [6.07, 6.45) is -2.75. The third-order valence-corrected chi connectivity index (χ3v) is 4.31. The van der Waals surface area contributed by atoms with Crippen molar-refractivity contribution >= 4 is 12.0 Å². The number of nitrogens with two attached hydrogens (primary N) is 1. The first-order chi connectivity index (χ1) is 12.2. The van der Waals surface area contributed by atoms with E-state index in [0.717, 1.165) is 0 Å². The Hall–Kier alpha value is -2.29. The summed E-state index contributed by atoms with van der Waals surface area (Å²) in [4.78, 5) is 25.3. The smallest absolute Gasteiger partial charge is 0.404 e. The first kappa shape index (κ1) is 20.0. The molecule has 26 heavy (non-hydrogen) atoms. The Morgan fingerprint density at radius 1 is 1.27 bits per heavy atom. The second-order valence-electron chi connectivity index (χ2n) is 6.53. The molecule has 1 saturated heterocycles. The molecular weight excluding hydrogens is 351 g/mol. The van der Waals surface area contributed by atoms with Gasteiger partial charge in [0.2, 0.25) is 5.91 Å². The predicted molar refractivity (Wildman–Crippen MR) is 87.7 cm³/mol. The van der Waals surface area contributed by atoms with Crippen molar-refractivity contribution in [2.75, 3.05) is 13.1 Å². The average Bonchev–Trinajstić information content (AvgIpc) is 2.54. The zero-order chi connectivity index (χ0) is 19.4. The van der Waals surface area contributed by atoms with Gasteiger partial charge in [-0.25, -0.2) is 18.0 Å². The number of piperazine rings is 1. The molecule has 0 spiro atoms. The van der Waals surface area contributed by atoms with E-state index in [-0.39, 0.29) is 36.4 Å². The average molecular weight is 373 g/mol. The highest BCUT2D eigenvalue weighted by Gasteiger charge is 2.29. The molecule has 3 N–H and O–H groups in total. The largest absolute Gasteiger partial charge is 0.445 e. The SMILES string of the molecule is C[C@@H]1CN[C@@H](C)CN1C(=O)C[C@@H](Cc1cc(F)c(F)cc1F)OC(N)=O. The summed E-state index contributed by atoms with van der Waals surface area (Å²) >= 11 is 0. The summed E-state index contributed by atoms with van der Waals surface area (Å²) in [6.45, 7) is 4.89. The first-order valence-corrected chi connectivity index (χ1v) is 8.29. The molecule has 1 aliphatic rings. The van der Waals surface area contributed by atoms with Gasteiger partial charge in [0.15, 0.2) is 11.6 Å². The standard InChI is InChI=1S/C17H22F3N3O3/c1-9-8-23(10(2)7-22-9)16(24)5-12(26-17(21)25)3-11-4-14(19)15(20)6-13(11)18/h4,6,9-10,12,22H,3,5,7-8H2,1-2H3,(H2,21,25)/t9-,10+,12+/m0/s1. The minimum absolute atomic E-state index is 0.0621. The van der Waals surface area contributed by atoms with Gasteiger partial charge in [0.1, 0.15) is 11.9 Å². The molecule has 0 aliphatic carbocycles. The number of hydrogen-bond donors (Lipinski definition) is 2. The number of amides is 2. The van der Waals surface area contributed by atoms with Gasteiger partial charge in [0.25, 0.3) is 0 Å². The van der Waals surface area contributed by atoms with E-state index in [9.17, 15) is 22.8 Å². The molecule has 0 bridgehead atoms. The van der Waals surface area contributed by atoms with E-state index in [1.807, 2.05) is 13.8 Å². The van der Waals surface area contributed by atoms with Crippen LogP contribution in [0.3, 0.4) is 0 Å². The fourth-order valence-electron chi connectivity index (χ4n) is 2.97. The molecule has 9 heteroatoms. The number of carbonyl (C=O) groups excluding carboxylic acids is 2. The number of carbonyl (C=O) groups is 2. The van der Waals surface area contributed by atoms with Crippen molar-refractivity contribution in [3.63, 3.8) is 0 Å². The summed E-state index contributed by atoms with van der Waals surface area (Å²) in [5.41, 5.74) is 4.81. The highest BCUT2D eigenvalue weighted by Crippen LogP contribution is 2.19. The van der Waals surface area contributed by atoms with Crippen molar-refractivity contribution in [1.82, 2.24) is 10.2 Å². The van der Waals surface area contributed by atoms with E-state index in [0.29, 0.717) is 25.2 Å². The van der Waals surface area contributed by atoms with Gasteiger partial charge in [-0.05, 0) is 25.5 Å². The maximum atomic E-state index is 13.9. The maximum Gasteiger partial charge on any atom is 0.404 e. The summed E-state index contributed by atoms with van der Waals surface area (Å²) in [6, 6.07) is 1.14. The van der Waals surface area contributed by atoms with Gasteiger partial charge in [-0.2, -0.15) is 0 Å². The van der Waals surface area contributed by atoms with E-state index in [1.165, 1.54) is 0 Å². The number of rotatable bonds is 5. The lowest BCUT2D eigenvalue weighted by Crippen LogP contribution is -2.56. The van der Waals surface area contributed by atoms with E-state index < -0.39 is 29.6 Å². The molecule has 3 atom stereocenters. The van der Waals surface area contributed by atoms with Crippen LogP contribution in [-0.2, 0) is 16.0 Å². The second-order valence-corrected chi connectivity index (χ2v) is 6.53. The van der Waals surface area contributed by atoms with Crippen molar-refractivity contribution in [1.29, 1.82) is 0 Å². The van der Waals surface area contributed by atoms with Crippen molar-refractivity contribution in [2.24, 2.45) is 5.73 Å². The van der Waals surface area contributed by atoms with Crippen LogP contribution >= 0.6 is 0 Å². The monoisotopic (exact) mass is 373 g/mol. The van der Waals surface area contributed by atoms with Crippen LogP contribution in [0.1, 0.15) is 25.8 Å². The normalized spacial score (nSPS) is 21.3. The van der Waals surface area contributed by atoms with Crippen LogP contribution in [0, 0.1) is 17.5 Å². The molecule has 1 heterocycles. The molecule has 1 fully saturated rings. The molecule has 2 amide bonds. The van der Waals surface area contributed by atoms with Crippen LogP contribution in [-0.4, -0.2) is 48.2 Å². The Morgan fingerprint density at radius 2 is 1.92 bits per heavy atom. The van der Waals surface area contributed by atoms with Crippen LogP contribution in [0.4, 0.5) is 18.0 Å². The van der Waals surface area contributed by atoms with Gasteiger partial charge in [0, 0.05) is 37.7 Å². The van der Waals surface area contributed by atoms with Crippen LogP contribution in [0.2, 0.25) is 0 Å². The van der Waals surface area contributed by atoms with E-state index in [4.69, 9.17) is 10.5 Å². The Balaban J connectivity index is 2.13. The third kappa shape index (κ3) is 5.10. The molecule has 6 nitrogen and oxygen atoms in total. The van der Waals surface area contributed by atoms with Gasteiger partial charge >= 0.3 is 6.09 Å². The number of nitrogens with one attached hydrogen (secondary N) is 1. The van der Waals surface area contributed by atoms with Gasteiger partial charge < -0.3 is 20.7 Å². The minimum Gasteiger partial charge on any atom is -0.445 e. The third-order valence-electron chi connectivity index (χ3n) is 4.31. The van der Waals surface area contributed by atoms with Crippen molar-refractivity contribution in [3.8, 4) is 0 Å². The Kier molecular flexibility index (Phi) is 6.47. The molecule has 0 unspecified atom stereocenters. The Bertz CT molecular complexity index is 687. The highest BCUT2D eigenvalue weighted by molar-refractivity contribution is 5.77.